The summed E-state index contributed by atoms with van der Waals surface area (Å²) in [6.45, 7) is 6.41. The van der Waals surface area contributed by atoms with E-state index < -0.39 is 12.1 Å². The van der Waals surface area contributed by atoms with Gasteiger partial charge in [0.2, 0.25) is 0 Å². The van der Waals surface area contributed by atoms with Gasteiger partial charge in [-0.25, -0.2) is 0 Å². The van der Waals surface area contributed by atoms with Crippen molar-refractivity contribution in [2.75, 3.05) is 13.2 Å². The number of hydrogen-bond acceptors (Lipinski definition) is 6. The molecule has 75 heavy (non-hydrogen) atoms. The number of ether oxygens (including phenoxy) is 3. The summed E-state index contributed by atoms with van der Waals surface area (Å²) >= 11 is 0. The summed E-state index contributed by atoms with van der Waals surface area (Å²) < 4.78 is 16.8. The first-order chi connectivity index (χ1) is 37.0. The SMILES string of the molecule is CC/C=C\C/C=C\C/C=C\C/C=C\C/C=C\CC(=O)OCC(COC(=O)CCCCCCCCCCCCCCC/C=C\C/C=C\CCCCCCC)OC(=O)CCCCCCCCC/C=C\C/C=C\CCCCC. The number of rotatable bonds is 56. The zero-order valence-electron chi connectivity index (χ0n) is 49.0. The van der Waals surface area contributed by atoms with Crippen molar-refractivity contribution in [1.82, 2.24) is 0 Å². The molecule has 0 aliphatic rings. The third-order valence-electron chi connectivity index (χ3n) is 13.3. The molecule has 6 heteroatoms. The minimum atomic E-state index is -0.825. The third-order valence-corrected chi connectivity index (χ3v) is 13.3. The predicted octanol–water partition coefficient (Wildman–Crippen LogP) is 21.4. The van der Waals surface area contributed by atoms with Gasteiger partial charge in [-0.15, -0.1) is 0 Å². The van der Waals surface area contributed by atoms with Gasteiger partial charge in [0, 0.05) is 12.8 Å². The molecule has 0 aliphatic heterocycles. The summed E-state index contributed by atoms with van der Waals surface area (Å²) in [7, 11) is 0. The molecule has 0 N–H and O–H groups in total. The van der Waals surface area contributed by atoms with E-state index in [0.717, 1.165) is 89.9 Å². The number of esters is 3. The Morgan fingerprint density at radius 3 is 0.960 bits per heavy atom. The lowest BCUT2D eigenvalue weighted by molar-refractivity contribution is -0.166. The molecule has 0 aromatic carbocycles. The van der Waals surface area contributed by atoms with Crippen LogP contribution in [0, 0.1) is 0 Å². The van der Waals surface area contributed by atoms with Crippen LogP contribution < -0.4 is 0 Å². The number of carbonyl (C=O) groups is 3. The molecule has 0 fully saturated rings. The fourth-order valence-electron chi connectivity index (χ4n) is 8.58. The molecule has 428 valence electrons. The fourth-order valence-corrected chi connectivity index (χ4v) is 8.58. The Morgan fingerprint density at radius 1 is 0.293 bits per heavy atom. The quantitative estimate of drug-likeness (QED) is 0.0261. The van der Waals surface area contributed by atoms with Crippen LogP contribution in [0.1, 0.15) is 290 Å². The summed E-state index contributed by atoms with van der Waals surface area (Å²) in [4.78, 5) is 38.2. The lowest BCUT2D eigenvalue weighted by Crippen LogP contribution is -2.30. The molecule has 0 radical (unpaired) electrons. The Bertz CT molecular complexity index is 1520. The second-order valence-corrected chi connectivity index (χ2v) is 20.6. The van der Waals surface area contributed by atoms with E-state index in [2.05, 4.69) is 118 Å². The van der Waals surface area contributed by atoms with Gasteiger partial charge >= 0.3 is 17.9 Å². The second-order valence-electron chi connectivity index (χ2n) is 20.6. The first-order valence-corrected chi connectivity index (χ1v) is 31.4. The normalized spacial score (nSPS) is 12.8. The minimum Gasteiger partial charge on any atom is -0.462 e. The molecule has 0 amide bonds. The van der Waals surface area contributed by atoms with E-state index in [-0.39, 0.29) is 31.6 Å². The monoisotopic (exact) mass is 1040 g/mol. The zero-order chi connectivity index (χ0) is 54.3. The molecule has 0 spiro atoms. The van der Waals surface area contributed by atoms with Crippen LogP contribution >= 0.6 is 0 Å². The molecular formula is C69H116O6. The first kappa shape index (κ1) is 71.1. The van der Waals surface area contributed by atoms with Gasteiger partial charge < -0.3 is 14.2 Å². The van der Waals surface area contributed by atoms with Gasteiger partial charge in [-0.05, 0) is 109 Å². The van der Waals surface area contributed by atoms with E-state index in [4.69, 9.17) is 14.2 Å². The molecule has 0 aromatic rings. The van der Waals surface area contributed by atoms with Crippen molar-refractivity contribution >= 4 is 17.9 Å². The van der Waals surface area contributed by atoms with Crippen molar-refractivity contribution in [1.29, 1.82) is 0 Å². The van der Waals surface area contributed by atoms with Gasteiger partial charge in [-0.3, -0.25) is 14.4 Å². The van der Waals surface area contributed by atoms with Crippen LogP contribution in [0.2, 0.25) is 0 Å². The maximum absolute atomic E-state index is 12.9. The maximum atomic E-state index is 12.9. The molecule has 0 heterocycles. The van der Waals surface area contributed by atoms with Crippen LogP contribution in [0.15, 0.2) is 109 Å². The lowest BCUT2D eigenvalue weighted by Gasteiger charge is -2.18. The average molecular weight is 1040 g/mol. The zero-order valence-corrected chi connectivity index (χ0v) is 49.0. The number of allylic oxidation sites excluding steroid dienone is 17. The van der Waals surface area contributed by atoms with Crippen LogP contribution in [-0.4, -0.2) is 37.2 Å². The topological polar surface area (TPSA) is 78.9 Å². The van der Waals surface area contributed by atoms with E-state index in [9.17, 15) is 14.4 Å². The predicted molar refractivity (Wildman–Crippen MR) is 325 cm³/mol. The van der Waals surface area contributed by atoms with Gasteiger partial charge in [0.05, 0.1) is 6.42 Å². The van der Waals surface area contributed by atoms with Crippen molar-refractivity contribution in [3.05, 3.63) is 109 Å². The smallest absolute Gasteiger partial charge is 0.309 e. The first-order valence-electron chi connectivity index (χ1n) is 31.4. The van der Waals surface area contributed by atoms with Crippen molar-refractivity contribution in [2.24, 2.45) is 0 Å². The Hall–Kier alpha value is -3.93. The maximum Gasteiger partial charge on any atom is 0.309 e. The van der Waals surface area contributed by atoms with Gasteiger partial charge in [-0.1, -0.05) is 271 Å². The van der Waals surface area contributed by atoms with Gasteiger partial charge in [0.1, 0.15) is 13.2 Å². The Morgan fingerprint density at radius 2 is 0.573 bits per heavy atom. The van der Waals surface area contributed by atoms with Crippen LogP contribution in [0.3, 0.4) is 0 Å². The molecule has 1 atom stereocenters. The molecule has 1 unspecified atom stereocenters. The highest BCUT2D eigenvalue weighted by Gasteiger charge is 2.19. The van der Waals surface area contributed by atoms with Crippen molar-refractivity contribution in [2.45, 2.75) is 297 Å². The van der Waals surface area contributed by atoms with Crippen LogP contribution in [0.25, 0.3) is 0 Å². The summed E-state index contributed by atoms with van der Waals surface area (Å²) in [5.74, 6) is -1.05. The molecule has 0 aliphatic carbocycles. The molecule has 0 rings (SSSR count). The molecule has 0 bridgehead atoms. The molecule has 6 nitrogen and oxygen atoms in total. The van der Waals surface area contributed by atoms with Gasteiger partial charge in [-0.2, -0.15) is 0 Å². The Labute approximate surface area is 463 Å². The Kier molecular flexibility index (Phi) is 59.3. The number of hydrogen-bond donors (Lipinski definition) is 0. The van der Waals surface area contributed by atoms with E-state index in [1.54, 1.807) is 6.08 Å². The molecule has 0 aromatic heterocycles. The standard InChI is InChI=1S/C69H116O6/c1-4-7-10-13-16-19-22-25-28-30-31-32-33-34-35-36-37-39-41-44-47-50-53-56-59-62-68(71)74-65-66(64-73-67(70)61-58-55-52-49-46-43-40-27-24-21-18-15-12-9-6-3)75-69(72)63-60-57-54-51-48-45-42-38-29-26-23-20-17-14-11-8-5-2/h9,12,17-18,20-22,25-27,29-31,40,46,49,55,58,66H,4-8,10-11,13-16,19,23-24,28,32-39,41-45,47-48,50-54,56-57,59-65H2,1-3H3/b12-9-,20-17-,21-18-,25-22-,29-26-,31-30-,40-27-,49-46-,58-55-. The largest absolute Gasteiger partial charge is 0.462 e. The minimum absolute atomic E-state index is 0.112. The third kappa shape index (κ3) is 60.8. The molecule has 0 saturated carbocycles. The van der Waals surface area contributed by atoms with Crippen LogP contribution in [0.4, 0.5) is 0 Å². The van der Waals surface area contributed by atoms with Crippen LogP contribution in [-0.2, 0) is 28.6 Å². The highest BCUT2D eigenvalue weighted by molar-refractivity contribution is 5.72. The van der Waals surface area contributed by atoms with Crippen molar-refractivity contribution < 1.29 is 28.6 Å². The van der Waals surface area contributed by atoms with E-state index >= 15 is 0 Å². The van der Waals surface area contributed by atoms with E-state index in [0.29, 0.717) is 12.8 Å². The van der Waals surface area contributed by atoms with Crippen LogP contribution in [0.5, 0.6) is 0 Å². The van der Waals surface area contributed by atoms with Gasteiger partial charge in [0.25, 0.3) is 0 Å². The summed E-state index contributed by atoms with van der Waals surface area (Å²) in [6, 6.07) is 0. The highest BCUT2D eigenvalue weighted by atomic mass is 16.6. The average Bonchev–Trinajstić information content (AvgIpc) is 3.41. The van der Waals surface area contributed by atoms with Crippen molar-refractivity contribution in [3.8, 4) is 0 Å². The second kappa shape index (κ2) is 62.6. The Balaban J connectivity index is 4.40. The highest BCUT2D eigenvalue weighted by Crippen LogP contribution is 2.16. The summed E-state index contributed by atoms with van der Waals surface area (Å²) in [5, 5.41) is 0. The number of unbranched alkanes of at least 4 members (excludes halogenated alkanes) is 28. The molecule has 0 saturated heterocycles. The lowest BCUT2D eigenvalue weighted by atomic mass is 10.0. The molecular weight excluding hydrogens is 925 g/mol. The number of carbonyl (C=O) groups excluding carboxylic acids is 3. The van der Waals surface area contributed by atoms with E-state index in [1.807, 2.05) is 6.08 Å². The van der Waals surface area contributed by atoms with Crippen molar-refractivity contribution in [3.63, 3.8) is 0 Å². The van der Waals surface area contributed by atoms with Gasteiger partial charge in [0.15, 0.2) is 6.10 Å². The fraction of sp³-hybridized carbons (Fsp3) is 0.696. The summed E-state index contributed by atoms with van der Waals surface area (Å²) in [5.41, 5.74) is 0. The van der Waals surface area contributed by atoms with E-state index in [1.165, 1.54) is 161 Å². The summed E-state index contributed by atoms with van der Waals surface area (Å²) in [6.07, 6.45) is 85.5.